The van der Waals surface area contributed by atoms with E-state index in [2.05, 4.69) is 34.5 Å². The van der Waals surface area contributed by atoms with E-state index in [0.29, 0.717) is 12.5 Å². The van der Waals surface area contributed by atoms with Crippen LogP contribution >= 0.6 is 0 Å². The average molecular weight is 288 g/mol. The number of hydrogen-bond acceptors (Lipinski definition) is 4. The first-order chi connectivity index (χ1) is 10.2. The molecule has 0 spiro atoms. The molecule has 0 bridgehead atoms. The molecule has 1 unspecified atom stereocenters. The molecule has 1 aliphatic carbocycles. The maximum atomic E-state index is 12.5. The van der Waals surface area contributed by atoms with Gasteiger partial charge in [0.2, 0.25) is 0 Å². The normalized spacial score (nSPS) is 20.9. The van der Waals surface area contributed by atoms with E-state index in [1.165, 1.54) is 11.1 Å². The first-order valence-electron chi connectivity index (χ1n) is 7.85. The van der Waals surface area contributed by atoms with Gasteiger partial charge in [0.05, 0.1) is 6.61 Å². The lowest BCUT2D eigenvalue weighted by molar-refractivity contribution is -0.153. The zero-order valence-corrected chi connectivity index (χ0v) is 12.9. The summed E-state index contributed by atoms with van der Waals surface area (Å²) >= 11 is 0. The number of carbonyl (C=O) groups is 1. The van der Waals surface area contributed by atoms with Crippen LogP contribution in [0.5, 0.6) is 0 Å². The van der Waals surface area contributed by atoms with Crippen molar-refractivity contribution in [3.8, 4) is 0 Å². The minimum atomic E-state index is -0.544. The second-order valence-electron chi connectivity index (χ2n) is 6.13. The van der Waals surface area contributed by atoms with E-state index in [1.54, 1.807) is 0 Å². The number of rotatable bonds is 6. The summed E-state index contributed by atoms with van der Waals surface area (Å²) in [5.74, 6) is 0.316. The second-order valence-corrected chi connectivity index (χ2v) is 6.13. The molecule has 1 atom stereocenters. The van der Waals surface area contributed by atoms with Crippen molar-refractivity contribution in [3.63, 3.8) is 0 Å². The lowest BCUT2D eigenvalue weighted by atomic mass is 9.92. The van der Waals surface area contributed by atoms with Crippen molar-refractivity contribution in [1.82, 2.24) is 10.2 Å². The maximum absolute atomic E-state index is 12.5. The Morgan fingerprint density at radius 2 is 1.95 bits per heavy atom. The zero-order valence-electron chi connectivity index (χ0n) is 12.9. The highest BCUT2D eigenvalue weighted by Crippen LogP contribution is 2.41. The summed E-state index contributed by atoms with van der Waals surface area (Å²) in [4.78, 5) is 14.9. The lowest BCUT2D eigenvalue weighted by Crippen LogP contribution is -2.59. The number of ether oxygens (including phenoxy) is 1. The molecule has 1 saturated carbocycles. The summed E-state index contributed by atoms with van der Waals surface area (Å²) in [7, 11) is 1.89. The third-order valence-electron chi connectivity index (χ3n) is 4.74. The molecule has 21 heavy (non-hydrogen) atoms. The largest absolute Gasteiger partial charge is 0.465 e. The molecule has 3 rings (SSSR count). The van der Waals surface area contributed by atoms with Crippen molar-refractivity contribution in [2.24, 2.45) is 5.92 Å². The minimum absolute atomic E-state index is 0.0917. The van der Waals surface area contributed by atoms with E-state index in [9.17, 15) is 4.79 Å². The number of esters is 1. The number of carbonyl (C=O) groups excluding carboxylic acids is 1. The van der Waals surface area contributed by atoms with Gasteiger partial charge in [-0.1, -0.05) is 24.3 Å². The Morgan fingerprint density at radius 1 is 1.33 bits per heavy atom. The molecular weight excluding hydrogens is 264 g/mol. The third-order valence-corrected chi connectivity index (χ3v) is 4.74. The molecule has 0 radical (unpaired) electrons. The van der Waals surface area contributed by atoms with Crippen LogP contribution in [0.1, 0.15) is 30.9 Å². The van der Waals surface area contributed by atoms with Gasteiger partial charge >= 0.3 is 5.97 Å². The Hall–Kier alpha value is -1.39. The molecule has 114 valence electrons. The van der Waals surface area contributed by atoms with Gasteiger partial charge < -0.3 is 10.1 Å². The minimum Gasteiger partial charge on any atom is -0.465 e. The number of likely N-dealkylation sites (N-methyl/N-ethyl adjacent to an activating group) is 1. The molecule has 1 aromatic rings. The molecule has 1 aliphatic heterocycles. The van der Waals surface area contributed by atoms with Gasteiger partial charge in [-0.05, 0) is 43.9 Å². The van der Waals surface area contributed by atoms with Crippen molar-refractivity contribution in [1.29, 1.82) is 0 Å². The molecule has 1 N–H and O–H groups in total. The standard InChI is InChI=1S/C17H24N2O2/c1-3-21-16(20)17(18-2,15-8-9-15)12-19-10-13-6-4-5-7-14(13)11-19/h4-7,15,18H,3,8-12H2,1-2H3. The number of benzene rings is 1. The number of nitrogens with zero attached hydrogens (tertiary/aromatic N) is 1. The van der Waals surface area contributed by atoms with Crippen molar-refractivity contribution in [3.05, 3.63) is 35.4 Å². The van der Waals surface area contributed by atoms with E-state index in [4.69, 9.17) is 4.74 Å². The Balaban J connectivity index is 1.76. The van der Waals surface area contributed by atoms with Gasteiger partial charge in [-0.2, -0.15) is 0 Å². The van der Waals surface area contributed by atoms with Crippen LogP contribution in [0.4, 0.5) is 0 Å². The summed E-state index contributed by atoms with van der Waals surface area (Å²) in [6, 6.07) is 8.52. The third kappa shape index (κ3) is 2.70. The SMILES string of the molecule is CCOC(=O)C(CN1Cc2ccccc2C1)(NC)C1CC1. The molecule has 0 aromatic heterocycles. The first-order valence-corrected chi connectivity index (χ1v) is 7.85. The Bertz CT molecular complexity index is 502. The molecular formula is C17H24N2O2. The fourth-order valence-corrected chi connectivity index (χ4v) is 3.45. The van der Waals surface area contributed by atoms with Crippen molar-refractivity contribution in [2.75, 3.05) is 20.2 Å². The fourth-order valence-electron chi connectivity index (χ4n) is 3.45. The molecule has 1 fully saturated rings. The van der Waals surface area contributed by atoms with Gasteiger partial charge in [0.25, 0.3) is 0 Å². The predicted molar refractivity (Wildman–Crippen MR) is 81.7 cm³/mol. The molecule has 1 heterocycles. The van der Waals surface area contributed by atoms with Crippen LogP contribution in [0.25, 0.3) is 0 Å². The first kappa shape index (κ1) is 14.5. The second kappa shape index (κ2) is 5.78. The molecule has 0 amide bonds. The summed E-state index contributed by atoms with van der Waals surface area (Å²) in [6.07, 6.45) is 2.22. The van der Waals surface area contributed by atoms with Crippen LogP contribution in [-0.4, -0.2) is 36.6 Å². The Labute approximate surface area is 126 Å². The van der Waals surface area contributed by atoms with Crippen LogP contribution in [0, 0.1) is 5.92 Å². The molecule has 2 aliphatic rings. The number of nitrogens with one attached hydrogen (secondary N) is 1. The van der Waals surface area contributed by atoms with E-state index >= 15 is 0 Å². The monoisotopic (exact) mass is 288 g/mol. The van der Waals surface area contributed by atoms with Gasteiger partial charge in [0, 0.05) is 19.6 Å². The van der Waals surface area contributed by atoms with Crippen LogP contribution in [0.15, 0.2) is 24.3 Å². The van der Waals surface area contributed by atoms with Gasteiger partial charge in [-0.15, -0.1) is 0 Å². The highest BCUT2D eigenvalue weighted by molar-refractivity contribution is 5.82. The van der Waals surface area contributed by atoms with Crippen LogP contribution in [0.3, 0.4) is 0 Å². The lowest BCUT2D eigenvalue weighted by Gasteiger charge is -2.35. The van der Waals surface area contributed by atoms with Gasteiger partial charge in [-0.25, -0.2) is 4.79 Å². The maximum Gasteiger partial charge on any atom is 0.327 e. The molecule has 1 aromatic carbocycles. The smallest absolute Gasteiger partial charge is 0.327 e. The van der Waals surface area contributed by atoms with Crippen LogP contribution < -0.4 is 5.32 Å². The summed E-state index contributed by atoms with van der Waals surface area (Å²) in [6.45, 7) is 4.88. The van der Waals surface area contributed by atoms with E-state index in [0.717, 1.165) is 32.5 Å². The van der Waals surface area contributed by atoms with E-state index < -0.39 is 5.54 Å². The molecule has 0 saturated heterocycles. The van der Waals surface area contributed by atoms with Crippen molar-refractivity contribution < 1.29 is 9.53 Å². The van der Waals surface area contributed by atoms with Crippen LogP contribution in [0.2, 0.25) is 0 Å². The molecule has 4 nitrogen and oxygen atoms in total. The van der Waals surface area contributed by atoms with Gasteiger partial charge in [-0.3, -0.25) is 4.90 Å². The van der Waals surface area contributed by atoms with Gasteiger partial charge in [0.1, 0.15) is 5.54 Å². The van der Waals surface area contributed by atoms with Gasteiger partial charge in [0.15, 0.2) is 0 Å². The summed E-state index contributed by atoms with van der Waals surface area (Å²) < 4.78 is 5.36. The van der Waals surface area contributed by atoms with E-state index in [-0.39, 0.29) is 5.97 Å². The summed E-state index contributed by atoms with van der Waals surface area (Å²) in [5, 5.41) is 3.30. The highest BCUT2D eigenvalue weighted by Gasteiger charge is 2.52. The van der Waals surface area contributed by atoms with Crippen LogP contribution in [-0.2, 0) is 22.6 Å². The average Bonchev–Trinajstić information content (AvgIpc) is 3.25. The Morgan fingerprint density at radius 3 is 2.43 bits per heavy atom. The highest BCUT2D eigenvalue weighted by atomic mass is 16.5. The fraction of sp³-hybridized carbons (Fsp3) is 0.588. The Kier molecular flexibility index (Phi) is 4.00. The topological polar surface area (TPSA) is 41.6 Å². The van der Waals surface area contributed by atoms with E-state index in [1.807, 2.05) is 14.0 Å². The zero-order chi connectivity index (χ0) is 14.9. The number of hydrogen-bond donors (Lipinski definition) is 1. The summed E-state index contributed by atoms with van der Waals surface area (Å²) in [5.41, 5.74) is 2.21. The molecule has 4 heteroatoms. The quantitative estimate of drug-likeness (QED) is 0.812. The predicted octanol–water partition coefficient (Wildman–Crippen LogP) is 1.93. The number of fused-ring (bicyclic) bond motifs is 1. The van der Waals surface area contributed by atoms with Crippen molar-refractivity contribution >= 4 is 5.97 Å². The van der Waals surface area contributed by atoms with Crippen molar-refractivity contribution in [2.45, 2.75) is 38.4 Å².